The summed E-state index contributed by atoms with van der Waals surface area (Å²) in [6.07, 6.45) is -0.864. The quantitative estimate of drug-likeness (QED) is 0.238. The molecule has 0 radical (unpaired) electrons. The third-order valence-electron chi connectivity index (χ3n) is 7.11. The van der Waals surface area contributed by atoms with Crippen molar-refractivity contribution in [1.82, 2.24) is 4.72 Å². The Morgan fingerprint density at radius 1 is 1.02 bits per heavy atom. The number of halogens is 3. The standard InChI is InChI=1S/C30H27ClF2N2O5S/c31-22-13-14-25-24(18-22)29(37,30(32,33)15-16-34-25)19-40-28(36)26(17-20-7-2-1-3-8-20)35-41(38,39)27-12-6-10-21-9-4-5-11-23(21)27/h1-14,18,26,34-35,37H,15-17,19H2/t26-,29-/m0/s1. The van der Waals surface area contributed by atoms with E-state index in [4.69, 9.17) is 16.3 Å². The third-order valence-corrected chi connectivity index (χ3v) is 8.88. The van der Waals surface area contributed by atoms with E-state index in [9.17, 15) is 18.3 Å². The second-order valence-corrected chi connectivity index (χ2v) is 12.0. The maximum Gasteiger partial charge on any atom is 0.324 e. The van der Waals surface area contributed by atoms with E-state index in [-0.39, 0.29) is 34.1 Å². The zero-order valence-corrected chi connectivity index (χ0v) is 23.3. The number of alkyl halides is 2. The molecule has 4 aromatic rings. The van der Waals surface area contributed by atoms with Gasteiger partial charge in [-0.25, -0.2) is 17.2 Å². The van der Waals surface area contributed by atoms with Crippen LogP contribution in [-0.4, -0.2) is 44.6 Å². The number of aliphatic hydroxyl groups is 1. The average molecular weight is 601 g/mol. The lowest BCUT2D eigenvalue weighted by atomic mass is 9.86. The maximum atomic E-state index is 15.3. The lowest BCUT2D eigenvalue weighted by Crippen LogP contribution is -2.51. The Balaban J connectivity index is 1.46. The lowest BCUT2D eigenvalue weighted by molar-refractivity contribution is -0.214. The van der Waals surface area contributed by atoms with E-state index in [1.54, 1.807) is 66.7 Å². The highest BCUT2D eigenvalue weighted by molar-refractivity contribution is 7.89. The molecule has 214 valence electrons. The summed E-state index contributed by atoms with van der Waals surface area (Å²) < 4.78 is 65.5. The number of carbonyl (C=O) groups excluding carboxylic acids is 1. The normalized spacial score (nSPS) is 19.0. The van der Waals surface area contributed by atoms with Crippen molar-refractivity contribution in [3.63, 3.8) is 0 Å². The van der Waals surface area contributed by atoms with Crippen LogP contribution >= 0.6 is 11.6 Å². The molecular weight excluding hydrogens is 574 g/mol. The molecule has 0 fully saturated rings. The summed E-state index contributed by atoms with van der Waals surface area (Å²) in [5.74, 6) is -4.82. The fraction of sp³-hybridized carbons (Fsp3) is 0.233. The molecule has 2 atom stereocenters. The Hall–Kier alpha value is -3.57. The van der Waals surface area contributed by atoms with Crippen LogP contribution < -0.4 is 10.0 Å². The van der Waals surface area contributed by atoms with Gasteiger partial charge >= 0.3 is 5.97 Å². The highest BCUT2D eigenvalue weighted by atomic mass is 35.5. The maximum absolute atomic E-state index is 15.3. The molecule has 11 heteroatoms. The van der Waals surface area contributed by atoms with E-state index in [0.717, 1.165) is 0 Å². The molecular formula is C30H27ClF2N2O5S. The molecule has 0 bridgehead atoms. The summed E-state index contributed by atoms with van der Waals surface area (Å²) in [4.78, 5) is 13.4. The molecule has 0 aromatic heterocycles. The van der Waals surface area contributed by atoms with Gasteiger partial charge in [-0.05, 0) is 41.6 Å². The van der Waals surface area contributed by atoms with Crippen LogP contribution in [0.1, 0.15) is 17.5 Å². The molecule has 0 aliphatic carbocycles. The fourth-order valence-corrected chi connectivity index (χ4v) is 6.52. The second kappa shape index (κ2) is 11.4. The van der Waals surface area contributed by atoms with Gasteiger partial charge in [0, 0.05) is 34.6 Å². The number of anilines is 1. The minimum Gasteiger partial charge on any atom is -0.461 e. The van der Waals surface area contributed by atoms with Gasteiger partial charge in [-0.1, -0.05) is 78.3 Å². The second-order valence-electron chi connectivity index (χ2n) is 9.88. The van der Waals surface area contributed by atoms with Crippen molar-refractivity contribution in [3.8, 4) is 0 Å². The van der Waals surface area contributed by atoms with Crippen LogP contribution in [-0.2, 0) is 31.6 Å². The number of ether oxygens (including phenoxy) is 1. The number of hydrogen-bond acceptors (Lipinski definition) is 6. The van der Waals surface area contributed by atoms with Crippen LogP contribution in [0.25, 0.3) is 10.8 Å². The van der Waals surface area contributed by atoms with Gasteiger partial charge in [0.2, 0.25) is 10.0 Å². The minimum absolute atomic E-state index is 0.0509. The molecule has 1 aliphatic heterocycles. The molecule has 7 nitrogen and oxygen atoms in total. The topological polar surface area (TPSA) is 105 Å². The first kappa shape index (κ1) is 28.9. The van der Waals surface area contributed by atoms with Gasteiger partial charge in [0.1, 0.15) is 12.6 Å². The van der Waals surface area contributed by atoms with Crippen molar-refractivity contribution in [2.75, 3.05) is 18.5 Å². The third kappa shape index (κ3) is 5.92. The van der Waals surface area contributed by atoms with E-state index in [0.29, 0.717) is 16.3 Å². The van der Waals surface area contributed by atoms with Crippen LogP contribution in [0.15, 0.2) is 95.9 Å². The molecule has 41 heavy (non-hydrogen) atoms. The summed E-state index contributed by atoms with van der Waals surface area (Å²) in [6.45, 7) is -1.27. The first-order chi connectivity index (χ1) is 19.5. The van der Waals surface area contributed by atoms with Gasteiger partial charge in [-0.15, -0.1) is 0 Å². The van der Waals surface area contributed by atoms with Gasteiger partial charge in [0.05, 0.1) is 4.90 Å². The number of esters is 1. The van der Waals surface area contributed by atoms with Crippen LogP contribution in [0, 0.1) is 0 Å². The number of carbonyl (C=O) groups is 1. The van der Waals surface area contributed by atoms with E-state index in [2.05, 4.69) is 10.0 Å². The lowest BCUT2D eigenvalue weighted by Gasteiger charge is -2.35. The predicted molar refractivity (Wildman–Crippen MR) is 153 cm³/mol. The first-order valence-corrected chi connectivity index (χ1v) is 14.7. The average Bonchev–Trinajstić information content (AvgIpc) is 3.05. The Labute approximate surface area is 241 Å². The number of sulfonamides is 1. The number of fused-ring (bicyclic) bond motifs is 2. The van der Waals surface area contributed by atoms with Gasteiger partial charge in [-0.2, -0.15) is 4.72 Å². The Kier molecular flexibility index (Phi) is 8.02. The van der Waals surface area contributed by atoms with Gasteiger partial charge in [-0.3, -0.25) is 4.79 Å². The number of hydrogen-bond donors (Lipinski definition) is 3. The van der Waals surface area contributed by atoms with Crippen molar-refractivity contribution < 1.29 is 31.8 Å². The fourth-order valence-electron chi connectivity index (χ4n) is 4.93. The van der Waals surface area contributed by atoms with E-state index < -0.39 is 46.6 Å². The Bertz CT molecular complexity index is 1680. The van der Waals surface area contributed by atoms with Gasteiger partial charge < -0.3 is 15.2 Å². The molecule has 1 aliphatic rings. The minimum atomic E-state index is -4.28. The number of nitrogens with one attached hydrogen (secondary N) is 2. The molecule has 0 saturated heterocycles. The summed E-state index contributed by atoms with van der Waals surface area (Å²) in [5, 5.41) is 15.4. The zero-order valence-electron chi connectivity index (χ0n) is 21.7. The van der Waals surface area contributed by atoms with E-state index in [1.165, 1.54) is 24.3 Å². The number of rotatable bonds is 8. The predicted octanol–water partition coefficient (Wildman–Crippen LogP) is 5.26. The summed E-state index contributed by atoms with van der Waals surface area (Å²) in [6, 6.07) is 22.9. The van der Waals surface area contributed by atoms with E-state index in [1.807, 2.05) is 0 Å². The summed E-state index contributed by atoms with van der Waals surface area (Å²) in [5.41, 5.74) is -2.31. The summed E-state index contributed by atoms with van der Waals surface area (Å²) >= 11 is 6.06. The van der Waals surface area contributed by atoms with Crippen molar-refractivity contribution in [2.24, 2.45) is 0 Å². The Morgan fingerprint density at radius 3 is 2.51 bits per heavy atom. The molecule has 0 amide bonds. The van der Waals surface area contributed by atoms with Crippen LogP contribution in [0.2, 0.25) is 5.02 Å². The molecule has 3 N–H and O–H groups in total. The molecule has 0 unspecified atom stereocenters. The van der Waals surface area contributed by atoms with Crippen LogP contribution in [0.3, 0.4) is 0 Å². The highest BCUT2D eigenvalue weighted by Gasteiger charge is 2.56. The molecule has 1 heterocycles. The Morgan fingerprint density at radius 2 is 1.73 bits per heavy atom. The summed E-state index contributed by atoms with van der Waals surface area (Å²) in [7, 11) is -4.28. The van der Waals surface area contributed by atoms with Crippen LogP contribution in [0.4, 0.5) is 14.5 Å². The molecule has 0 saturated carbocycles. The largest absolute Gasteiger partial charge is 0.461 e. The molecule has 4 aromatic carbocycles. The highest BCUT2D eigenvalue weighted by Crippen LogP contribution is 2.46. The molecule has 0 spiro atoms. The van der Waals surface area contributed by atoms with Crippen molar-refractivity contribution >= 4 is 44.1 Å². The van der Waals surface area contributed by atoms with Crippen molar-refractivity contribution in [1.29, 1.82) is 0 Å². The monoisotopic (exact) mass is 600 g/mol. The van der Waals surface area contributed by atoms with Gasteiger partial charge in [0.25, 0.3) is 5.92 Å². The van der Waals surface area contributed by atoms with Gasteiger partial charge in [0.15, 0.2) is 5.60 Å². The smallest absolute Gasteiger partial charge is 0.324 e. The van der Waals surface area contributed by atoms with E-state index >= 15 is 8.78 Å². The van der Waals surface area contributed by atoms with Crippen molar-refractivity contribution in [2.45, 2.75) is 35.3 Å². The van der Waals surface area contributed by atoms with Crippen LogP contribution in [0.5, 0.6) is 0 Å². The number of benzene rings is 4. The molecule has 5 rings (SSSR count). The zero-order chi connectivity index (χ0) is 29.3. The van der Waals surface area contributed by atoms with Crippen molar-refractivity contribution in [3.05, 3.63) is 107 Å². The first-order valence-electron chi connectivity index (χ1n) is 12.8. The SMILES string of the molecule is O=C(OC[C@]1(O)c2cc(Cl)ccc2NCCC1(F)F)[C@H](Cc1ccccc1)NS(=O)(=O)c1cccc2ccccc12.